The van der Waals surface area contributed by atoms with Crippen molar-refractivity contribution in [2.24, 2.45) is 0 Å². The lowest BCUT2D eigenvalue weighted by atomic mass is 10.3. The monoisotopic (exact) mass is 216 g/mol. The number of rotatable bonds is 2. The van der Waals surface area contributed by atoms with Crippen LogP contribution in [-0.4, -0.2) is 9.49 Å². The van der Waals surface area contributed by atoms with E-state index in [0.717, 1.165) is 5.69 Å². The summed E-state index contributed by atoms with van der Waals surface area (Å²) in [5, 5.41) is 10.5. The smallest absolute Gasteiger partial charge is 0.269 e. The third-order valence-electron chi connectivity index (χ3n) is 2.16. The number of benzene rings is 1. The van der Waals surface area contributed by atoms with Gasteiger partial charge in [-0.3, -0.25) is 14.9 Å². The zero-order valence-electron chi connectivity index (χ0n) is 8.24. The van der Waals surface area contributed by atoms with E-state index in [1.54, 1.807) is 29.1 Å². The summed E-state index contributed by atoms with van der Waals surface area (Å²) in [5.74, 6) is 0. The van der Waals surface area contributed by atoms with Crippen LogP contribution in [-0.2, 0) is 0 Å². The van der Waals surface area contributed by atoms with Crippen LogP contribution in [0.5, 0.6) is 0 Å². The predicted octanol–water partition coefficient (Wildman–Crippen LogP) is 1.75. The van der Waals surface area contributed by atoms with Crippen molar-refractivity contribution in [3.05, 3.63) is 69.1 Å². The number of pyridine rings is 1. The van der Waals surface area contributed by atoms with Crippen molar-refractivity contribution in [2.75, 3.05) is 0 Å². The molecule has 1 aromatic heterocycles. The fraction of sp³-hybridized carbons (Fsp3) is 0. The molecule has 0 amide bonds. The number of nitrogens with zero attached hydrogens (tertiary/aromatic N) is 2. The molecule has 1 aromatic carbocycles. The Morgan fingerprint density at radius 2 is 1.56 bits per heavy atom. The van der Waals surface area contributed by atoms with Crippen molar-refractivity contribution >= 4 is 5.69 Å². The lowest BCUT2D eigenvalue weighted by Gasteiger charge is -2.04. The van der Waals surface area contributed by atoms with Crippen molar-refractivity contribution < 1.29 is 4.92 Å². The number of hydrogen-bond acceptors (Lipinski definition) is 3. The van der Waals surface area contributed by atoms with Gasteiger partial charge in [0.25, 0.3) is 5.69 Å². The summed E-state index contributed by atoms with van der Waals surface area (Å²) in [6.07, 6.45) is 3.23. The minimum Gasteiger partial charge on any atom is -0.324 e. The predicted molar refractivity (Wildman–Crippen MR) is 58.7 cm³/mol. The quantitative estimate of drug-likeness (QED) is 0.567. The number of non-ortho nitro benzene ring substituents is 1. The topological polar surface area (TPSA) is 65.1 Å². The Balaban J connectivity index is 2.38. The van der Waals surface area contributed by atoms with Gasteiger partial charge in [-0.05, 0) is 12.1 Å². The van der Waals surface area contributed by atoms with E-state index in [4.69, 9.17) is 0 Å². The van der Waals surface area contributed by atoms with Gasteiger partial charge in [0, 0.05) is 42.3 Å². The average Bonchev–Trinajstić information content (AvgIpc) is 2.30. The highest BCUT2D eigenvalue weighted by Crippen LogP contribution is 2.14. The largest absolute Gasteiger partial charge is 0.324 e. The van der Waals surface area contributed by atoms with Gasteiger partial charge >= 0.3 is 0 Å². The molecule has 0 N–H and O–H groups in total. The average molecular weight is 216 g/mol. The second-order valence-electron chi connectivity index (χ2n) is 3.21. The van der Waals surface area contributed by atoms with Crippen LogP contribution in [0.3, 0.4) is 0 Å². The number of aromatic nitrogens is 1. The van der Waals surface area contributed by atoms with E-state index in [2.05, 4.69) is 0 Å². The normalized spacial score (nSPS) is 10.0. The Hall–Kier alpha value is -2.43. The van der Waals surface area contributed by atoms with Crippen LogP contribution in [0.2, 0.25) is 0 Å². The molecule has 0 saturated heterocycles. The maximum atomic E-state index is 10.9. The summed E-state index contributed by atoms with van der Waals surface area (Å²) in [5.41, 5.74) is 0.744. The second kappa shape index (κ2) is 3.98. The van der Waals surface area contributed by atoms with E-state index in [0.29, 0.717) is 0 Å². The maximum absolute atomic E-state index is 10.9. The SMILES string of the molecule is O=c1ccn(-c2ccc([N+](=O)[O-])cc2)cc1. The van der Waals surface area contributed by atoms with Crippen molar-refractivity contribution in [1.29, 1.82) is 0 Å². The molecule has 0 fully saturated rings. The van der Waals surface area contributed by atoms with E-state index in [-0.39, 0.29) is 11.1 Å². The Bertz CT molecular complexity index is 552. The molecule has 0 aliphatic rings. The standard InChI is InChI=1S/C11H8N2O3/c14-11-5-7-12(8-6-11)9-1-3-10(4-2-9)13(15)16/h1-8H. The number of nitro benzene ring substituents is 1. The first-order valence-electron chi connectivity index (χ1n) is 4.60. The number of hydrogen-bond donors (Lipinski definition) is 0. The molecule has 0 aliphatic carbocycles. The van der Waals surface area contributed by atoms with Crippen molar-refractivity contribution in [3.8, 4) is 5.69 Å². The molecule has 0 bridgehead atoms. The summed E-state index contributed by atoms with van der Waals surface area (Å²) in [4.78, 5) is 20.9. The molecule has 0 aliphatic heterocycles. The van der Waals surface area contributed by atoms with Crippen molar-refractivity contribution in [1.82, 2.24) is 4.57 Å². The summed E-state index contributed by atoms with van der Waals surface area (Å²) >= 11 is 0. The molecule has 1 heterocycles. The van der Waals surface area contributed by atoms with Gasteiger partial charge in [-0.1, -0.05) is 0 Å². The van der Waals surface area contributed by atoms with Crippen LogP contribution in [0.25, 0.3) is 5.69 Å². The summed E-state index contributed by atoms with van der Waals surface area (Å²) < 4.78 is 1.71. The Kier molecular flexibility index (Phi) is 2.51. The molecule has 0 saturated carbocycles. The molecule has 0 atom stereocenters. The maximum Gasteiger partial charge on any atom is 0.269 e. The molecule has 0 unspecified atom stereocenters. The van der Waals surface area contributed by atoms with Crippen molar-refractivity contribution in [3.63, 3.8) is 0 Å². The molecular formula is C11H8N2O3. The highest BCUT2D eigenvalue weighted by molar-refractivity contribution is 5.40. The molecule has 5 nitrogen and oxygen atoms in total. The number of nitro groups is 1. The fourth-order valence-electron chi connectivity index (χ4n) is 1.33. The van der Waals surface area contributed by atoms with Gasteiger partial charge in [0.1, 0.15) is 0 Å². The fourth-order valence-corrected chi connectivity index (χ4v) is 1.33. The van der Waals surface area contributed by atoms with Gasteiger partial charge in [0.05, 0.1) is 4.92 Å². The van der Waals surface area contributed by atoms with Gasteiger partial charge in [0.2, 0.25) is 0 Å². The van der Waals surface area contributed by atoms with E-state index in [9.17, 15) is 14.9 Å². The third kappa shape index (κ3) is 1.98. The molecule has 80 valence electrons. The van der Waals surface area contributed by atoms with Crippen LogP contribution in [0, 0.1) is 10.1 Å². The van der Waals surface area contributed by atoms with Gasteiger partial charge < -0.3 is 4.57 Å². The lowest BCUT2D eigenvalue weighted by Crippen LogP contribution is -2.01. The van der Waals surface area contributed by atoms with E-state index in [1.165, 1.54) is 24.3 Å². The van der Waals surface area contributed by atoms with Crippen LogP contribution < -0.4 is 5.43 Å². The summed E-state index contributed by atoms with van der Waals surface area (Å²) in [7, 11) is 0. The van der Waals surface area contributed by atoms with Crippen LogP contribution >= 0.6 is 0 Å². The zero-order chi connectivity index (χ0) is 11.5. The first-order chi connectivity index (χ1) is 7.66. The molecule has 0 radical (unpaired) electrons. The van der Waals surface area contributed by atoms with Crippen molar-refractivity contribution in [2.45, 2.75) is 0 Å². The minimum absolute atomic E-state index is 0.0461. The third-order valence-corrected chi connectivity index (χ3v) is 2.16. The molecule has 2 aromatic rings. The Labute approximate surface area is 90.7 Å². The lowest BCUT2D eigenvalue weighted by molar-refractivity contribution is -0.384. The molecule has 2 rings (SSSR count). The molecule has 5 heteroatoms. The second-order valence-corrected chi connectivity index (χ2v) is 3.21. The Morgan fingerprint density at radius 1 is 1.00 bits per heavy atom. The zero-order valence-corrected chi connectivity index (χ0v) is 8.24. The highest BCUT2D eigenvalue weighted by atomic mass is 16.6. The Morgan fingerprint density at radius 3 is 2.06 bits per heavy atom. The first-order valence-corrected chi connectivity index (χ1v) is 4.60. The molecular weight excluding hydrogens is 208 g/mol. The van der Waals surface area contributed by atoms with E-state index >= 15 is 0 Å². The first kappa shape index (κ1) is 10.1. The van der Waals surface area contributed by atoms with Gasteiger partial charge in [-0.15, -0.1) is 0 Å². The van der Waals surface area contributed by atoms with Gasteiger partial charge in [-0.25, -0.2) is 0 Å². The molecule has 0 spiro atoms. The highest BCUT2D eigenvalue weighted by Gasteiger charge is 2.03. The van der Waals surface area contributed by atoms with Crippen LogP contribution in [0.1, 0.15) is 0 Å². The van der Waals surface area contributed by atoms with Crippen LogP contribution in [0.4, 0.5) is 5.69 Å². The van der Waals surface area contributed by atoms with Crippen LogP contribution in [0.15, 0.2) is 53.6 Å². The van der Waals surface area contributed by atoms with Gasteiger partial charge in [0.15, 0.2) is 5.43 Å². The van der Waals surface area contributed by atoms with E-state index in [1.807, 2.05) is 0 Å². The van der Waals surface area contributed by atoms with Gasteiger partial charge in [-0.2, -0.15) is 0 Å². The minimum atomic E-state index is -0.449. The summed E-state index contributed by atoms with van der Waals surface area (Å²) in [6, 6.07) is 8.97. The molecule has 16 heavy (non-hydrogen) atoms. The van der Waals surface area contributed by atoms with E-state index < -0.39 is 4.92 Å². The summed E-state index contributed by atoms with van der Waals surface area (Å²) in [6.45, 7) is 0.